The number of benzene rings is 2. The number of hydrogen-bond donors (Lipinski definition) is 0. The van der Waals surface area contributed by atoms with Gasteiger partial charge in [0.1, 0.15) is 0 Å². The first-order chi connectivity index (χ1) is 16.0. The molecular weight excluding hydrogens is 460 g/mol. The zero-order valence-electron chi connectivity index (χ0n) is 19.9. The molecule has 2 aromatic carbocycles. The highest BCUT2D eigenvalue weighted by Crippen LogP contribution is 2.41. The highest BCUT2D eigenvalue weighted by Gasteiger charge is 2.50. The molecule has 8 heteroatoms. The number of hydrogen-bond acceptors (Lipinski definition) is 7. The van der Waals surface area contributed by atoms with Gasteiger partial charge < -0.3 is 18.9 Å². The van der Waals surface area contributed by atoms with E-state index in [9.17, 15) is 14.4 Å². The average molecular weight is 489 g/mol. The van der Waals surface area contributed by atoms with Gasteiger partial charge in [-0.15, -0.1) is 0 Å². The van der Waals surface area contributed by atoms with Crippen molar-refractivity contribution in [2.45, 2.75) is 65.6 Å². The summed E-state index contributed by atoms with van der Waals surface area (Å²) in [6.45, 7) is 7.58. The topological polar surface area (TPSA) is 88.1 Å². The van der Waals surface area contributed by atoms with Crippen LogP contribution in [0.4, 0.5) is 0 Å². The molecule has 1 aliphatic rings. The molecule has 1 heterocycles. The second-order valence-electron chi connectivity index (χ2n) is 8.55. The zero-order valence-corrected chi connectivity index (χ0v) is 20.6. The van der Waals surface area contributed by atoms with E-state index >= 15 is 0 Å². The van der Waals surface area contributed by atoms with Crippen molar-refractivity contribution in [1.29, 1.82) is 0 Å². The largest absolute Gasteiger partial charge is 0.458 e. The lowest BCUT2D eigenvalue weighted by molar-refractivity contribution is -0.283. The molecule has 1 aliphatic heterocycles. The first kappa shape index (κ1) is 25.7. The van der Waals surface area contributed by atoms with E-state index in [-0.39, 0.29) is 0 Å². The summed E-state index contributed by atoms with van der Waals surface area (Å²) in [7, 11) is 0. The van der Waals surface area contributed by atoms with Gasteiger partial charge in [0, 0.05) is 31.7 Å². The molecule has 34 heavy (non-hydrogen) atoms. The van der Waals surface area contributed by atoms with E-state index in [1.54, 1.807) is 6.07 Å². The first-order valence-corrected chi connectivity index (χ1v) is 11.4. The molecule has 0 aliphatic carbocycles. The van der Waals surface area contributed by atoms with Crippen molar-refractivity contribution in [3.05, 3.63) is 69.7 Å². The number of aryl methyl sites for hydroxylation is 1. The second-order valence-corrected chi connectivity index (χ2v) is 8.96. The fraction of sp³-hybridized carbons (Fsp3) is 0.423. The number of esters is 3. The highest BCUT2D eigenvalue weighted by atomic mass is 35.5. The highest BCUT2D eigenvalue weighted by molar-refractivity contribution is 6.31. The Morgan fingerprint density at radius 1 is 0.882 bits per heavy atom. The molecule has 1 fully saturated rings. The summed E-state index contributed by atoms with van der Waals surface area (Å²) >= 11 is 6.49. The second kappa shape index (κ2) is 11.0. The Morgan fingerprint density at radius 3 is 2.06 bits per heavy atom. The van der Waals surface area contributed by atoms with Gasteiger partial charge in [-0.25, -0.2) is 0 Å². The van der Waals surface area contributed by atoms with Crippen molar-refractivity contribution in [2.24, 2.45) is 5.92 Å². The van der Waals surface area contributed by atoms with Gasteiger partial charge in [0.05, 0.1) is 6.10 Å². The van der Waals surface area contributed by atoms with Crippen LogP contribution in [0.25, 0.3) is 0 Å². The third kappa shape index (κ3) is 6.36. The summed E-state index contributed by atoms with van der Waals surface area (Å²) in [5.74, 6) is -2.20. The number of halogens is 1. The van der Waals surface area contributed by atoms with E-state index in [1.807, 2.05) is 38.1 Å². The lowest BCUT2D eigenvalue weighted by atomic mass is 9.85. The maximum absolute atomic E-state index is 11.9. The van der Waals surface area contributed by atoms with E-state index in [4.69, 9.17) is 30.5 Å². The molecule has 0 radical (unpaired) electrons. The minimum Gasteiger partial charge on any atom is -0.458 e. The van der Waals surface area contributed by atoms with Gasteiger partial charge >= 0.3 is 17.9 Å². The maximum Gasteiger partial charge on any atom is 0.305 e. The number of rotatable bonds is 6. The average Bonchev–Trinajstić information content (AvgIpc) is 2.75. The molecule has 0 spiro atoms. The lowest BCUT2D eigenvalue weighted by Crippen LogP contribution is -2.55. The van der Waals surface area contributed by atoms with Crippen molar-refractivity contribution < 1.29 is 33.3 Å². The van der Waals surface area contributed by atoms with Gasteiger partial charge in [-0.1, -0.05) is 60.5 Å². The lowest BCUT2D eigenvalue weighted by Gasteiger charge is -2.43. The van der Waals surface area contributed by atoms with E-state index in [1.165, 1.54) is 26.3 Å². The summed E-state index contributed by atoms with van der Waals surface area (Å²) in [6.07, 6.45) is -3.24. The molecule has 1 saturated heterocycles. The minimum atomic E-state index is -1.25. The Bertz CT molecular complexity index is 1050. The Morgan fingerprint density at radius 2 is 1.47 bits per heavy atom. The Hall–Kier alpha value is -2.90. The Balaban J connectivity index is 1.96. The summed E-state index contributed by atoms with van der Waals surface area (Å²) in [5, 5.41) is 0.610. The van der Waals surface area contributed by atoms with Crippen molar-refractivity contribution in [3.63, 3.8) is 0 Å². The van der Waals surface area contributed by atoms with Gasteiger partial charge in [-0.05, 0) is 36.1 Å². The van der Waals surface area contributed by atoms with Gasteiger partial charge in [-0.3, -0.25) is 14.4 Å². The molecule has 0 amide bonds. The Kier molecular flexibility index (Phi) is 8.33. The molecule has 3 rings (SSSR count). The van der Waals surface area contributed by atoms with Crippen LogP contribution in [-0.4, -0.2) is 36.4 Å². The van der Waals surface area contributed by atoms with Crippen LogP contribution < -0.4 is 0 Å². The third-order valence-corrected chi connectivity index (χ3v) is 6.04. The number of carbonyl (C=O) groups excluding carboxylic acids is 3. The van der Waals surface area contributed by atoms with Crippen LogP contribution in [0.1, 0.15) is 56.1 Å². The molecule has 7 nitrogen and oxygen atoms in total. The fourth-order valence-electron chi connectivity index (χ4n) is 4.13. The van der Waals surface area contributed by atoms with Crippen molar-refractivity contribution in [3.8, 4) is 0 Å². The van der Waals surface area contributed by atoms with Gasteiger partial charge in [0.15, 0.2) is 6.10 Å². The predicted molar refractivity (Wildman–Crippen MR) is 125 cm³/mol. The molecule has 182 valence electrons. The molecule has 2 aromatic rings. The zero-order chi connectivity index (χ0) is 25.0. The molecule has 5 atom stereocenters. The quantitative estimate of drug-likeness (QED) is 0.430. The summed E-state index contributed by atoms with van der Waals surface area (Å²) in [4.78, 5) is 35.3. The summed E-state index contributed by atoms with van der Waals surface area (Å²) < 4.78 is 22.3. The van der Waals surface area contributed by atoms with Gasteiger partial charge in [0.2, 0.25) is 12.4 Å². The number of carbonyl (C=O) groups is 3. The van der Waals surface area contributed by atoms with Crippen LogP contribution >= 0.6 is 11.6 Å². The van der Waals surface area contributed by atoms with Crippen LogP contribution in [-0.2, 0) is 39.8 Å². The van der Waals surface area contributed by atoms with E-state index in [0.717, 1.165) is 16.7 Å². The molecule has 0 saturated carbocycles. The van der Waals surface area contributed by atoms with Crippen LogP contribution in [0, 0.1) is 12.8 Å². The standard InChI is InChI=1S/C26H29ClO7/c1-14-6-8-19(9-7-14)12-21-13-20(10-11-22(21)27)23-15(2)24(31-16(3)28)25(32-17(4)29)26(34-23)33-18(5)30/h6-11,13,15,23-26H,12H2,1-5H3/t15-,23+,24+,25-,26?/m0/s1. The molecule has 1 unspecified atom stereocenters. The van der Waals surface area contributed by atoms with Crippen LogP contribution in [0.3, 0.4) is 0 Å². The van der Waals surface area contributed by atoms with E-state index in [2.05, 4.69) is 12.1 Å². The monoisotopic (exact) mass is 488 g/mol. The smallest absolute Gasteiger partial charge is 0.305 e. The number of ether oxygens (including phenoxy) is 4. The predicted octanol–water partition coefficient (Wildman–Crippen LogP) is 4.70. The van der Waals surface area contributed by atoms with Crippen molar-refractivity contribution in [2.75, 3.05) is 0 Å². The molecule has 0 bridgehead atoms. The van der Waals surface area contributed by atoms with Crippen LogP contribution in [0.5, 0.6) is 0 Å². The van der Waals surface area contributed by atoms with E-state index < -0.39 is 48.4 Å². The summed E-state index contributed by atoms with van der Waals surface area (Å²) in [5.41, 5.74) is 3.94. The minimum absolute atomic E-state index is 0.423. The van der Waals surface area contributed by atoms with Gasteiger partial charge in [-0.2, -0.15) is 0 Å². The first-order valence-electron chi connectivity index (χ1n) is 11.1. The third-order valence-electron chi connectivity index (χ3n) is 5.67. The van der Waals surface area contributed by atoms with Crippen LogP contribution in [0.15, 0.2) is 42.5 Å². The fourth-order valence-corrected chi connectivity index (χ4v) is 4.31. The van der Waals surface area contributed by atoms with E-state index in [0.29, 0.717) is 11.4 Å². The molecule has 0 N–H and O–H groups in total. The van der Waals surface area contributed by atoms with Crippen molar-refractivity contribution >= 4 is 29.5 Å². The maximum atomic E-state index is 11.9. The summed E-state index contributed by atoms with van der Waals surface area (Å²) in [6, 6.07) is 13.7. The Labute approximate surface area is 204 Å². The normalized spacial score (nSPS) is 24.2. The van der Waals surface area contributed by atoms with Gasteiger partial charge in [0.25, 0.3) is 0 Å². The molecular formula is C26H29ClO7. The van der Waals surface area contributed by atoms with Crippen LogP contribution in [0.2, 0.25) is 5.02 Å². The van der Waals surface area contributed by atoms with Crippen molar-refractivity contribution in [1.82, 2.24) is 0 Å². The SMILES string of the molecule is CC(=O)OC1O[C@@H](c2ccc(Cl)c(Cc3ccc(C)cc3)c2)[C@H](C)[C@@H](OC(C)=O)[C@@H]1OC(C)=O. The molecule has 0 aromatic heterocycles.